The molecule has 4 heteroatoms. The van der Waals surface area contributed by atoms with Gasteiger partial charge in [0.2, 0.25) is 5.91 Å². The Morgan fingerprint density at radius 3 is 3.05 bits per heavy atom. The van der Waals surface area contributed by atoms with Crippen molar-refractivity contribution < 1.29 is 9.53 Å². The van der Waals surface area contributed by atoms with Gasteiger partial charge in [-0.1, -0.05) is 12.1 Å². The van der Waals surface area contributed by atoms with Gasteiger partial charge in [-0.2, -0.15) is 0 Å². The Morgan fingerprint density at radius 1 is 1.53 bits per heavy atom. The van der Waals surface area contributed by atoms with E-state index in [4.69, 9.17) is 10.5 Å². The van der Waals surface area contributed by atoms with Crippen LogP contribution in [-0.4, -0.2) is 37.0 Å². The smallest absolute Gasteiger partial charge is 0.223 e. The van der Waals surface area contributed by atoms with Crippen molar-refractivity contribution in [3.63, 3.8) is 0 Å². The summed E-state index contributed by atoms with van der Waals surface area (Å²) < 4.78 is 5.48. The molecule has 0 fully saturated rings. The maximum absolute atomic E-state index is 11.8. The molecule has 4 nitrogen and oxygen atoms in total. The Balaban J connectivity index is 1.86. The molecule has 1 atom stereocenters. The van der Waals surface area contributed by atoms with E-state index in [0.717, 1.165) is 31.7 Å². The second-order valence-electron chi connectivity index (χ2n) is 5.29. The topological polar surface area (TPSA) is 55.6 Å². The molecule has 2 rings (SSSR count). The normalized spacial score (nSPS) is 14.7. The van der Waals surface area contributed by atoms with Gasteiger partial charge in [0.1, 0.15) is 5.75 Å². The molecule has 0 aliphatic carbocycles. The van der Waals surface area contributed by atoms with Crippen LogP contribution in [0.3, 0.4) is 0 Å². The molecule has 2 N–H and O–H groups in total. The Hall–Kier alpha value is -1.55. The van der Waals surface area contributed by atoms with Crippen LogP contribution in [0.4, 0.5) is 0 Å². The SMILES string of the molecule is CC(N)CC(=O)N(C)CCc1ccc2c(c1)CCO2. The van der Waals surface area contributed by atoms with Crippen molar-refractivity contribution in [1.82, 2.24) is 4.90 Å². The molecule has 104 valence electrons. The molecule has 0 saturated heterocycles. The fourth-order valence-electron chi connectivity index (χ4n) is 2.25. The van der Waals surface area contributed by atoms with E-state index in [1.165, 1.54) is 11.1 Å². The van der Waals surface area contributed by atoms with Crippen LogP contribution in [0, 0.1) is 0 Å². The highest BCUT2D eigenvalue weighted by Crippen LogP contribution is 2.25. The van der Waals surface area contributed by atoms with Crippen molar-refractivity contribution in [2.45, 2.75) is 32.2 Å². The lowest BCUT2D eigenvalue weighted by molar-refractivity contribution is -0.130. The van der Waals surface area contributed by atoms with E-state index in [0.29, 0.717) is 6.42 Å². The van der Waals surface area contributed by atoms with Crippen LogP contribution in [0.2, 0.25) is 0 Å². The van der Waals surface area contributed by atoms with Gasteiger partial charge >= 0.3 is 0 Å². The molecule has 0 radical (unpaired) electrons. The fourth-order valence-corrected chi connectivity index (χ4v) is 2.25. The molecule has 1 aromatic rings. The van der Waals surface area contributed by atoms with Crippen molar-refractivity contribution >= 4 is 5.91 Å². The van der Waals surface area contributed by atoms with Crippen LogP contribution in [0.15, 0.2) is 18.2 Å². The zero-order chi connectivity index (χ0) is 13.8. The Kier molecular flexibility index (Phi) is 4.43. The van der Waals surface area contributed by atoms with Gasteiger partial charge in [-0.3, -0.25) is 4.79 Å². The molecule has 1 amide bonds. The highest BCUT2D eigenvalue weighted by molar-refractivity contribution is 5.76. The average molecular weight is 262 g/mol. The van der Waals surface area contributed by atoms with Gasteiger partial charge in [-0.05, 0) is 30.5 Å². The molecule has 1 aliphatic rings. The lowest BCUT2D eigenvalue weighted by Crippen LogP contribution is -2.33. The third-order valence-corrected chi connectivity index (χ3v) is 3.41. The summed E-state index contributed by atoms with van der Waals surface area (Å²) >= 11 is 0. The van der Waals surface area contributed by atoms with Gasteiger partial charge < -0.3 is 15.4 Å². The number of carbonyl (C=O) groups is 1. The minimum atomic E-state index is -0.0768. The molecule has 19 heavy (non-hydrogen) atoms. The molecule has 1 aliphatic heterocycles. The third-order valence-electron chi connectivity index (χ3n) is 3.41. The molecule has 0 saturated carbocycles. The molecular formula is C15H22N2O2. The molecule has 0 bridgehead atoms. The number of fused-ring (bicyclic) bond motifs is 1. The number of benzene rings is 1. The maximum Gasteiger partial charge on any atom is 0.223 e. The molecule has 1 aromatic carbocycles. The van der Waals surface area contributed by atoms with Crippen molar-refractivity contribution in [2.75, 3.05) is 20.2 Å². The van der Waals surface area contributed by atoms with E-state index in [1.54, 1.807) is 4.90 Å². The number of nitrogens with two attached hydrogens (primary N) is 1. The number of hydrogen-bond acceptors (Lipinski definition) is 3. The Labute approximate surface area is 114 Å². The highest BCUT2D eigenvalue weighted by Gasteiger charge is 2.13. The predicted molar refractivity (Wildman–Crippen MR) is 75.2 cm³/mol. The van der Waals surface area contributed by atoms with E-state index in [2.05, 4.69) is 12.1 Å². The highest BCUT2D eigenvalue weighted by atomic mass is 16.5. The monoisotopic (exact) mass is 262 g/mol. The second-order valence-corrected chi connectivity index (χ2v) is 5.29. The molecule has 0 aromatic heterocycles. The number of rotatable bonds is 5. The Bertz CT molecular complexity index is 457. The first-order valence-electron chi connectivity index (χ1n) is 6.80. The van der Waals surface area contributed by atoms with E-state index >= 15 is 0 Å². The third kappa shape index (κ3) is 3.70. The summed E-state index contributed by atoms with van der Waals surface area (Å²) in [6, 6.07) is 6.22. The Morgan fingerprint density at radius 2 is 2.32 bits per heavy atom. The lowest BCUT2D eigenvalue weighted by Gasteiger charge is -2.18. The number of likely N-dealkylation sites (N-methyl/N-ethyl adjacent to an activating group) is 1. The minimum Gasteiger partial charge on any atom is -0.493 e. The summed E-state index contributed by atoms with van der Waals surface area (Å²) in [4.78, 5) is 13.5. The second kappa shape index (κ2) is 6.06. The molecule has 0 spiro atoms. The van der Waals surface area contributed by atoms with E-state index < -0.39 is 0 Å². The zero-order valence-corrected chi connectivity index (χ0v) is 11.7. The van der Waals surface area contributed by atoms with Crippen molar-refractivity contribution in [3.05, 3.63) is 29.3 Å². The summed E-state index contributed by atoms with van der Waals surface area (Å²) in [6.45, 7) is 3.36. The van der Waals surface area contributed by atoms with Gasteiger partial charge in [0.15, 0.2) is 0 Å². The maximum atomic E-state index is 11.8. The van der Waals surface area contributed by atoms with Crippen LogP contribution in [-0.2, 0) is 17.6 Å². The van der Waals surface area contributed by atoms with Gasteiger partial charge in [0, 0.05) is 32.5 Å². The molecule has 1 heterocycles. The minimum absolute atomic E-state index is 0.0768. The number of nitrogens with zero attached hydrogens (tertiary/aromatic N) is 1. The number of carbonyl (C=O) groups excluding carboxylic acids is 1. The first-order valence-corrected chi connectivity index (χ1v) is 6.80. The van der Waals surface area contributed by atoms with Crippen LogP contribution in [0.5, 0.6) is 5.75 Å². The first kappa shape index (κ1) is 13.9. The molecular weight excluding hydrogens is 240 g/mol. The van der Waals surface area contributed by atoms with Gasteiger partial charge in [0.05, 0.1) is 6.61 Å². The lowest BCUT2D eigenvalue weighted by atomic mass is 10.1. The fraction of sp³-hybridized carbons (Fsp3) is 0.533. The number of hydrogen-bond donors (Lipinski definition) is 1. The standard InChI is InChI=1S/C15H22N2O2/c1-11(16)9-15(18)17(2)7-5-12-3-4-14-13(10-12)6-8-19-14/h3-4,10-11H,5-9,16H2,1-2H3. The molecule has 1 unspecified atom stereocenters. The van der Waals surface area contributed by atoms with Crippen LogP contribution in [0.25, 0.3) is 0 Å². The summed E-state index contributed by atoms with van der Waals surface area (Å²) in [5.41, 5.74) is 8.17. The summed E-state index contributed by atoms with van der Waals surface area (Å²) in [5.74, 6) is 1.12. The van der Waals surface area contributed by atoms with E-state index in [-0.39, 0.29) is 11.9 Å². The van der Waals surface area contributed by atoms with Gasteiger partial charge in [-0.15, -0.1) is 0 Å². The summed E-state index contributed by atoms with van der Waals surface area (Å²) in [7, 11) is 1.83. The van der Waals surface area contributed by atoms with E-state index in [1.807, 2.05) is 20.0 Å². The number of ether oxygens (including phenoxy) is 1. The van der Waals surface area contributed by atoms with Crippen molar-refractivity contribution in [1.29, 1.82) is 0 Å². The summed E-state index contributed by atoms with van der Waals surface area (Å²) in [6.07, 6.45) is 2.27. The quantitative estimate of drug-likeness (QED) is 0.871. The average Bonchev–Trinajstić information content (AvgIpc) is 2.82. The van der Waals surface area contributed by atoms with Crippen molar-refractivity contribution in [3.8, 4) is 5.75 Å². The van der Waals surface area contributed by atoms with Gasteiger partial charge in [-0.25, -0.2) is 0 Å². The van der Waals surface area contributed by atoms with Crippen molar-refractivity contribution in [2.24, 2.45) is 5.73 Å². The van der Waals surface area contributed by atoms with Crippen LogP contribution < -0.4 is 10.5 Å². The van der Waals surface area contributed by atoms with E-state index in [9.17, 15) is 4.79 Å². The number of amides is 1. The predicted octanol–water partition coefficient (Wildman–Crippen LogP) is 1.36. The van der Waals surface area contributed by atoms with Crippen LogP contribution in [0.1, 0.15) is 24.5 Å². The zero-order valence-electron chi connectivity index (χ0n) is 11.7. The first-order chi connectivity index (χ1) is 9.06. The summed E-state index contributed by atoms with van der Waals surface area (Å²) in [5, 5.41) is 0. The largest absolute Gasteiger partial charge is 0.493 e. The van der Waals surface area contributed by atoms with Gasteiger partial charge in [0.25, 0.3) is 0 Å². The van der Waals surface area contributed by atoms with Crippen LogP contribution >= 0.6 is 0 Å².